The van der Waals surface area contributed by atoms with Gasteiger partial charge in [-0.05, 0) is 57.5 Å². The molecule has 6 heteroatoms. The predicted molar refractivity (Wildman–Crippen MR) is 89.2 cm³/mol. The van der Waals surface area contributed by atoms with Crippen molar-refractivity contribution in [1.29, 1.82) is 0 Å². The second kappa shape index (κ2) is 8.08. The summed E-state index contributed by atoms with van der Waals surface area (Å²) in [7, 11) is 4.10. The number of carbonyl (C=O) groups excluding carboxylic acids is 1. The number of benzene rings is 1. The normalized spacial score (nSPS) is 21.7. The fraction of sp³-hybridized carbons (Fsp3) is 0.588. The Bertz CT molecular complexity index is 553. The van der Waals surface area contributed by atoms with E-state index in [1.165, 1.54) is 18.2 Å². The van der Waals surface area contributed by atoms with Crippen molar-refractivity contribution in [2.24, 2.45) is 5.92 Å². The van der Waals surface area contributed by atoms with E-state index in [1.54, 1.807) is 0 Å². The third-order valence-corrected chi connectivity index (χ3v) is 4.83. The van der Waals surface area contributed by atoms with Crippen molar-refractivity contribution >= 4 is 17.5 Å². The van der Waals surface area contributed by atoms with Crippen molar-refractivity contribution in [3.63, 3.8) is 0 Å². The lowest BCUT2D eigenvalue weighted by Gasteiger charge is -2.41. The van der Waals surface area contributed by atoms with Crippen molar-refractivity contribution in [3.05, 3.63) is 34.6 Å². The van der Waals surface area contributed by atoms with Gasteiger partial charge in [0.05, 0.1) is 5.02 Å². The average molecular weight is 343 g/mol. The molecule has 1 aromatic rings. The highest BCUT2D eigenvalue weighted by atomic mass is 35.5. The van der Waals surface area contributed by atoms with Gasteiger partial charge in [0, 0.05) is 31.3 Å². The van der Waals surface area contributed by atoms with Crippen molar-refractivity contribution in [2.45, 2.75) is 25.3 Å². The van der Waals surface area contributed by atoms with Crippen LogP contribution < -0.4 is 0 Å². The van der Waals surface area contributed by atoms with Crippen LogP contribution in [-0.2, 0) is 0 Å². The number of likely N-dealkylation sites (tertiary alicyclic amines) is 1. The molecule has 0 unspecified atom stereocenters. The van der Waals surface area contributed by atoms with Gasteiger partial charge in [0.15, 0.2) is 0 Å². The Labute approximate surface area is 141 Å². The van der Waals surface area contributed by atoms with Gasteiger partial charge < -0.3 is 14.9 Å². The maximum absolute atomic E-state index is 13.3. The van der Waals surface area contributed by atoms with Gasteiger partial charge in [-0.2, -0.15) is 0 Å². The van der Waals surface area contributed by atoms with Crippen LogP contribution >= 0.6 is 11.6 Å². The quantitative estimate of drug-likeness (QED) is 0.894. The Morgan fingerprint density at radius 2 is 2.22 bits per heavy atom. The van der Waals surface area contributed by atoms with E-state index in [1.807, 2.05) is 19.0 Å². The molecule has 0 radical (unpaired) electrons. The summed E-state index contributed by atoms with van der Waals surface area (Å²) >= 11 is 5.78. The number of aliphatic hydroxyl groups is 1. The zero-order chi connectivity index (χ0) is 17.0. The van der Waals surface area contributed by atoms with E-state index in [2.05, 4.69) is 4.90 Å². The third-order valence-electron chi connectivity index (χ3n) is 4.54. The van der Waals surface area contributed by atoms with Crippen molar-refractivity contribution in [3.8, 4) is 0 Å². The second-order valence-corrected chi connectivity index (χ2v) is 6.73. The molecule has 1 aliphatic rings. The smallest absolute Gasteiger partial charge is 0.253 e. The molecule has 1 fully saturated rings. The van der Waals surface area contributed by atoms with Crippen molar-refractivity contribution in [2.75, 3.05) is 33.8 Å². The van der Waals surface area contributed by atoms with Crippen molar-refractivity contribution < 1.29 is 14.3 Å². The minimum absolute atomic E-state index is 0.0316. The summed E-state index contributed by atoms with van der Waals surface area (Å²) in [6, 6.07) is 4.50. The molecular weight excluding hydrogens is 319 g/mol. The number of halogens is 2. The van der Waals surface area contributed by atoms with E-state index in [0.717, 1.165) is 19.3 Å². The number of nitrogens with zero attached hydrogens (tertiary/aromatic N) is 2. The lowest BCUT2D eigenvalue weighted by molar-refractivity contribution is 0.0495. The zero-order valence-electron chi connectivity index (χ0n) is 13.6. The molecule has 4 nitrogen and oxygen atoms in total. The van der Waals surface area contributed by atoms with Crippen LogP contribution in [0, 0.1) is 11.7 Å². The Hall–Kier alpha value is -1.17. The Morgan fingerprint density at radius 3 is 2.83 bits per heavy atom. The van der Waals surface area contributed by atoms with Crippen LogP contribution in [0.2, 0.25) is 5.02 Å². The van der Waals surface area contributed by atoms with E-state index >= 15 is 0 Å². The maximum atomic E-state index is 13.3. The third kappa shape index (κ3) is 4.43. The van der Waals surface area contributed by atoms with Gasteiger partial charge in [0.25, 0.3) is 5.91 Å². The minimum Gasteiger partial charge on any atom is -0.396 e. The Kier molecular flexibility index (Phi) is 6.39. The van der Waals surface area contributed by atoms with Crippen LogP contribution in [0.5, 0.6) is 0 Å². The number of hydrogen-bond acceptors (Lipinski definition) is 3. The summed E-state index contributed by atoms with van der Waals surface area (Å²) in [6.07, 6.45) is 2.51. The number of piperidine rings is 1. The molecule has 1 amide bonds. The molecule has 0 bridgehead atoms. The molecule has 128 valence electrons. The molecule has 1 saturated heterocycles. The molecule has 1 aliphatic heterocycles. The number of aliphatic hydroxyl groups excluding tert-OH is 1. The Morgan fingerprint density at radius 1 is 1.48 bits per heavy atom. The molecule has 2 rings (SSSR count). The van der Waals surface area contributed by atoms with E-state index < -0.39 is 5.82 Å². The first-order valence-corrected chi connectivity index (χ1v) is 8.33. The van der Waals surface area contributed by atoms with Gasteiger partial charge in [0.2, 0.25) is 0 Å². The molecule has 2 atom stereocenters. The molecule has 23 heavy (non-hydrogen) atoms. The van der Waals surface area contributed by atoms with Gasteiger partial charge in [-0.1, -0.05) is 11.6 Å². The summed E-state index contributed by atoms with van der Waals surface area (Å²) in [6.45, 7) is 1.49. The number of rotatable bonds is 5. The number of hydrogen-bond donors (Lipinski definition) is 1. The highest BCUT2D eigenvalue weighted by Gasteiger charge is 2.32. The van der Waals surface area contributed by atoms with Gasteiger partial charge in [-0.3, -0.25) is 4.79 Å². The van der Waals surface area contributed by atoms with Crippen molar-refractivity contribution in [1.82, 2.24) is 9.80 Å². The van der Waals surface area contributed by atoms with Gasteiger partial charge in [-0.15, -0.1) is 0 Å². The van der Waals surface area contributed by atoms with Gasteiger partial charge in [0.1, 0.15) is 5.82 Å². The number of amides is 1. The molecule has 1 aromatic carbocycles. The summed E-state index contributed by atoms with van der Waals surface area (Å²) in [5.74, 6) is -0.306. The van der Waals surface area contributed by atoms with E-state index in [9.17, 15) is 9.18 Å². The second-order valence-electron chi connectivity index (χ2n) is 6.33. The van der Waals surface area contributed by atoms with Crippen LogP contribution in [0.4, 0.5) is 4.39 Å². The van der Waals surface area contributed by atoms with Crippen LogP contribution in [0.1, 0.15) is 29.6 Å². The largest absolute Gasteiger partial charge is 0.396 e. The zero-order valence-corrected chi connectivity index (χ0v) is 14.4. The van der Waals surface area contributed by atoms with E-state index in [4.69, 9.17) is 16.7 Å². The van der Waals surface area contributed by atoms with Crippen LogP contribution in [0.3, 0.4) is 0 Å². The molecule has 1 heterocycles. The monoisotopic (exact) mass is 342 g/mol. The first-order valence-electron chi connectivity index (χ1n) is 7.95. The van der Waals surface area contributed by atoms with Gasteiger partial charge >= 0.3 is 0 Å². The standard InChI is InChI=1S/C17H24ClFN2O2/c1-20(2)16-7-8-21(11-13(16)4-3-9-22)17(23)12-5-6-15(19)14(18)10-12/h5-6,10,13,16,22H,3-4,7-9,11H2,1-2H3/t13-,16+/m0/s1. The first-order chi connectivity index (χ1) is 10.9. The lowest BCUT2D eigenvalue weighted by Crippen LogP contribution is -2.50. The molecule has 0 aromatic heterocycles. The molecule has 0 aliphatic carbocycles. The fourth-order valence-corrected chi connectivity index (χ4v) is 3.51. The van der Waals surface area contributed by atoms with E-state index in [0.29, 0.717) is 30.6 Å². The van der Waals surface area contributed by atoms with Crippen LogP contribution in [-0.4, -0.2) is 60.6 Å². The molecule has 1 N–H and O–H groups in total. The highest BCUT2D eigenvalue weighted by molar-refractivity contribution is 6.31. The SMILES string of the molecule is CN(C)[C@@H]1CCN(C(=O)c2ccc(F)c(Cl)c2)C[C@@H]1CCCO. The summed E-state index contributed by atoms with van der Waals surface area (Å²) in [4.78, 5) is 16.6. The van der Waals surface area contributed by atoms with Gasteiger partial charge in [-0.25, -0.2) is 4.39 Å². The fourth-order valence-electron chi connectivity index (χ4n) is 3.33. The number of carbonyl (C=O) groups is 1. The maximum Gasteiger partial charge on any atom is 0.253 e. The molecular formula is C17H24ClFN2O2. The molecule has 0 saturated carbocycles. The average Bonchev–Trinajstić information content (AvgIpc) is 2.54. The first kappa shape index (κ1) is 18.2. The topological polar surface area (TPSA) is 43.8 Å². The summed E-state index contributed by atoms with van der Waals surface area (Å²) in [5.41, 5.74) is 0.417. The van der Waals surface area contributed by atoms with Crippen LogP contribution in [0.25, 0.3) is 0 Å². The molecule has 0 spiro atoms. The predicted octanol–water partition coefficient (Wildman–Crippen LogP) is 2.64. The Balaban J connectivity index is 2.10. The summed E-state index contributed by atoms with van der Waals surface area (Å²) in [5, 5.41) is 9.06. The van der Waals surface area contributed by atoms with E-state index in [-0.39, 0.29) is 17.5 Å². The lowest BCUT2D eigenvalue weighted by atomic mass is 9.87. The summed E-state index contributed by atoms with van der Waals surface area (Å²) < 4.78 is 13.3. The highest BCUT2D eigenvalue weighted by Crippen LogP contribution is 2.26. The van der Waals surface area contributed by atoms with Crippen LogP contribution in [0.15, 0.2) is 18.2 Å². The minimum atomic E-state index is -0.518.